The molecule has 24 heteroatoms. The van der Waals surface area contributed by atoms with E-state index in [4.69, 9.17) is 37.9 Å². The first-order valence-electron chi connectivity index (χ1n) is 28.0. The predicted octanol–water partition coefficient (Wildman–Crippen LogP) is -3.23. The second kappa shape index (κ2) is 23.7. The van der Waals surface area contributed by atoms with Crippen LogP contribution in [0.3, 0.4) is 0 Å². The lowest BCUT2D eigenvalue weighted by atomic mass is 9.38. The average Bonchev–Trinajstić information content (AvgIpc) is 3.21. The number of allylic oxidation sites excluding steroid dienone is 1. The molecule has 7 fully saturated rings. The van der Waals surface area contributed by atoms with Gasteiger partial charge in [-0.15, -0.1) is 0 Å². The Balaban J connectivity index is 0.987. The van der Waals surface area contributed by atoms with Gasteiger partial charge < -0.3 is 120 Å². The molecule has 0 radical (unpaired) electrons. The molecule has 0 aromatic carbocycles. The first-order chi connectivity index (χ1) is 36.4. The van der Waals surface area contributed by atoms with Crippen LogP contribution in [0.25, 0.3) is 0 Å². The third-order valence-electron chi connectivity index (χ3n) is 20.8. The molecule has 4 heterocycles. The van der Waals surface area contributed by atoms with Crippen molar-refractivity contribution in [3.8, 4) is 0 Å². The Morgan fingerprint density at radius 3 is 1.63 bits per heavy atom. The quantitative estimate of drug-likeness (QED) is 0.0637. The number of rotatable bonds is 17. The van der Waals surface area contributed by atoms with Gasteiger partial charge in [0.05, 0.1) is 50.3 Å². The average molecular weight is 1130 g/mol. The number of fused-ring (bicyclic) bond motifs is 5. The summed E-state index contributed by atoms with van der Waals surface area (Å²) in [6.07, 6.45) is -27.6. The molecule has 8 rings (SSSR count). The zero-order valence-corrected chi connectivity index (χ0v) is 46.1. The largest absolute Gasteiger partial charge is 0.394 e. The summed E-state index contributed by atoms with van der Waals surface area (Å²) in [5.41, 5.74) is -2.07. The maximum Gasteiger partial charge on any atom is 0.187 e. The van der Waals surface area contributed by atoms with Gasteiger partial charge in [-0.05, 0) is 99.7 Å². The molecular weight excluding hydrogens is 1030 g/mol. The Labute approximate surface area is 455 Å². The Morgan fingerprint density at radius 2 is 1.09 bits per heavy atom. The van der Waals surface area contributed by atoms with Gasteiger partial charge in [-0.2, -0.15) is 0 Å². The third-order valence-corrected chi connectivity index (χ3v) is 20.8. The van der Waals surface area contributed by atoms with Gasteiger partial charge in [-0.1, -0.05) is 53.2 Å². The van der Waals surface area contributed by atoms with Crippen molar-refractivity contribution in [2.45, 2.75) is 253 Å². The van der Waals surface area contributed by atoms with E-state index in [2.05, 4.69) is 47.6 Å². The van der Waals surface area contributed by atoms with Crippen LogP contribution in [0.1, 0.15) is 107 Å². The summed E-state index contributed by atoms with van der Waals surface area (Å²) in [6, 6.07) is 0. The topological polar surface area (TPSA) is 398 Å². The van der Waals surface area contributed by atoms with Crippen molar-refractivity contribution in [2.75, 3.05) is 26.4 Å². The highest BCUT2D eigenvalue weighted by Gasteiger charge is 2.70. The van der Waals surface area contributed by atoms with Gasteiger partial charge in [0.25, 0.3) is 0 Å². The molecule has 30 atom stereocenters. The predicted molar refractivity (Wildman–Crippen MR) is 268 cm³/mol. The molecule has 3 saturated carbocycles. The molecular formula is C54H92O24. The standard InChI is InChI=1S/C54H92O24/c1-22(23-15-16-52(6)30-12-10-24-25(54(30,8)31(58)17-53(23,52)7)11-14-32(50(24,2)3)76-47-43(68)39(64)35(60)27(19-56)73-47)9-13-33(51(4,5)70)77-49-45(78-48-44(69)40(65)36(61)28(20-57)74-48)41(66)37(62)29(75-49)21-71-46-42(67)38(63)34(59)26(18-55)72-46/h10,22-23,25-49,55-70H,9,11-21H2,1-8H3/t22-,23-,25-,26-,27-,28-,29-,30+,31-,32+,33-,34-,35-,36-,37-,38+,39+,40+,41+,42-,43-,44-,45-,46+,47+,48+,49+,52+,53-,54+/m1/s1. The van der Waals surface area contributed by atoms with Crippen molar-refractivity contribution in [1.29, 1.82) is 0 Å². The van der Waals surface area contributed by atoms with Crippen molar-refractivity contribution < 1.29 is 120 Å². The van der Waals surface area contributed by atoms with Crippen molar-refractivity contribution in [1.82, 2.24) is 0 Å². The summed E-state index contributed by atoms with van der Waals surface area (Å²) < 4.78 is 47.7. The minimum Gasteiger partial charge on any atom is -0.394 e. The van der Waals surface area contributed by atoms with E-state index in [1.807, 2.05) is 0 Å². The second-order valence-electron chi connectivity index (χ2n) is 25.9. The molecule has 0 unspecified atom stereocenters. The molecule has 8 aliphatic rings. The zero-order valence-electron chi connectivity index (χ0n) is 46.1. The molecule has 0 aromatic heterocycles. The zero-order chi connectivity index (χ0) is 57.5. The smallest absolute Gasteiger partial charge is 0.187 e. The van der Waals surface area contributed by atoms with Gasteiger partial charge in [0, 0.05) is 10.8 Å². The molecule has 0 amide bonds. The number of aliphatic hydroxyl groups is 16. The number of aliphatic hydroxyl groups excluding tert-OH is 15. The van der Waals surface area contributed by atoms with E-state index < -0.39 is 184 Å². The fourth-order valence-electron chi connectivity index (χ4n) is 15.6. The van der Waals surface area contributed by atoms with E-state index in [1.165, 1.54) is 13.8 Å². The summed E-state index contributed by atoms with van der Waals surface area (Å²) in [7, 11) is 0. The fraction of sp³-hybridized carbons (Fsp3) is 0.963. The SMILES string of the molecule is C[C@H](CC[C@@H](O[C@@H]1O[C@H](CO[C@H]2O[C@H](CO)[C@@H](O)[C@H](O)[C@H]2O)[C@@H](O)[C@H](O)[C@H]1O[C@@H]1O[C@H](CO)[C@@H](O)[C@H](O)[C@H]1O)C(C)(C)O)[C@H]1CC[C@@]2(C)[C@@H]3CC=C4[C@@H](CC[C@H](O[C@@H]5O[C@H](CO)[C@@H](O)[C@H](O)[C@H]5O)C4(C)C)[C@]3(C)[C@H](O)C[C@]12C. The van der Waals surface area contributed by atoms with E-state index >= 15 is 0 Å². The van der Waals surface area contributed by atoms with E-state index in [0.717, 1.165) is 18.4 Å². The van der Waals surface area contributed by atoms with Gasteiger partial charge in [-0.25, -0.2) is 0 Å². The molecule has 78 heavy (non-hydrogen) atoms. The van der Waals surface area contributed by atoms with Gasteiger partial charge in [-0.3, -0.25) is 0 Å². The summed E-state index contributed by atoms with van der Waals surface area (Å²) >= 11 is 0. The fourth-order valence-corrected chi connectivity index (χ4v) is 15.6. The van der Waals surface area contributed by atoms with Crippen molar-refractivity contribution >= 4 is 0 Å². The van der Waals surface area contributed by atoms with Crippen LogP contribution >= 0.6 is 0 Å². The van der Waals surface area contributed by atoms with Crippen LogP contribution in [0, 0.1) is 45.3 Å². The van der Waals surface area contributed by atoms with E-state index in [9.17, 15) is 81.7 Å². The monoisotopic (exact) mass is 1120 g/mol. The minimum atomic E-state index is -1.93. The Morgan fingerprint density at radius 1 is 0.590 bits per heavy atom. The maximum atomic E-state index is 12.7. The van der Waals surface area contributed by atoms with Crippen LogP contribution in [0.5, 0.6) is 0 Å². The number of ether oxygens (including phenoxy) is 8. The van der Waals surface area contributed by atoms with Crippen molar-refractivity contribution in [3.05, 3.63) is 11.6 Å². The second-order valence-corrected chi connectivity index (χ2v) is 25.9. The molecule has 4 saturated heterocycles. The van der Waals surface area contributed by atoms with Crippen LogP contribution in [0.4, 0.5) is 0 Å². The Hall–Kier alpha value is -1.22. The summed E-state index contributed by atoms with van der Waals surface area (Å²) in [6.45, 7) is 13.5. The highest BCUT2D eigenvalue weighted by Crippen LogP contribution is 2.75. The molecule has 4 aliphatic heterocycles. The molecule has 452 valence electrons. The lowest BCUT2D eigenvalue weighted by Crippen LogP contribution is -2.65. The van der Waals surface area contributed by atoms with Crippen molar-refractivity contribution in [3.63, 3.8) is 0 Å². The maximum absolute atomic E-state index is 12.7. The molecule has 24 nitrogen and oxygen atoms in total. The number of hydrogen-bond donors (Lipinski definition) is 16. The first-order valence-corrected chi connectivity index (χ1v) is 28.0. The van der Waals surface area contributed by atoms with Crippen molar-refractivity contribution in [2.24, 2.45) is 45.3 Å². The lowest BCUT2D eigenvalue weighted by molar-refractivity contribution is -0.380. The molecule has 0 spiro atoms. The van der Waals surface area contributed by atoms with Crippen LogP contribution in [0.15, 0.2) is 11.6 Å². The molecule has 4 aliphatic carbocycles. The molecule has 16 N–H and O–H groups in total. The van der Waals surface area contributed by atoms with E-state index in [0.29, 0.717) is 32.1 Å². The molecule has 0 bridgehead atoms. The van der Waals surface area contributed by atoms with Crippen LogP contribution < -0.4 is 0 Å². The van der Waals surface area contributed by atoms with Crippen LogP contribution in [-0.4, -0.2) is 255 Å². The number of hydrogen-bond acceptors (Lipinski definition) is 24. The highest BCUT2D eigenvalue weighted by molar-refractivity contribution is 5.32. The third kappa shape index (κ3) is 11.0. The van der Waals surface area contributed by atoms with Gasteiger partial charge in [0.2, 0.25) is 0 Å². The van der Waals surface area contributed by atoms with Gasteiger partial charge in [0.1, 0.15) is 97.7 Å². The Kier molecular flexibility index (Phi) is 19.1. The normalized spacial score (nSPS) is 51.4. The van der Waals surface area contributed by atoms with Crippen LogP contribution in [0.2, 0.25) is 0 Å². The lowest BCUT2D eigenvalue weighted by Gasteiger charge is -2.67. The summed E-state index contributed by atoms with van der Waals surface area (Å²) in [5, 5.41) is 172. The van der Waals surface area contributed by atoms with Crippen LogP contribution in [-0.2, 0) is 37.9 Å². The highest BCUT2D eigenvalue weighted by atomic mass is 16.8. The molecule has 0 aromatic rings. The van der Waals surface area contributed by atoms with Gasteiger partial charge in [0.15, 0.2) is 25.2 Å². The summed E-state index contributed by atoms with van der Waals surface area (Å²) in [5.74, 6) is 0.223. The minimum absolute atomic E-state index is 0.00555. The van der Waals surface area contributed by atoms with Gasteiger partial charge >= 0.3 is 0 Å². The van der Waals surface area contributed by atoms with E-state index in [1.54, 1.807) is 0 Å². The summed E-state index contributed by atoms with van der Waals surface area (Å²) in [4.78, 5) is 0. The first kappa shape index (κ1) is 62.8. The van der Waals surface area contributed by atoms with E-state index in [-0.39, 0.29) is 40.9 Å². The Bertz CT molecular complexity index is 2020.